The van der Waals surface area contributed by atoms with Crippen LogP contribution in [0.4, 0.5) is 5.69 Å². The van der Waals surface area contributed by atoms with E-state index in [-0.39, 0.29) is 12.5 Å². The van der Waals surface area contributed by atoms with Crippen molar-refractivity contribution in [2.24, 2.45) is 5.92 Å². The molecule has 21 heavy (non-hydrogen) atoms. The summed E-state index contributed by atoms with van der Waals surface area (Å²) in [5.41, 5.74) is 1.30. The van der Waals surface area contributed by atoms with Crippen LogP contribution in [0, 0.1) is 12.8 Å². The lowest BCUT2D eigenvalue weighted by atomic mass is 10.2. The molecule has 118 valence electrons. The second-order valence-electron chi connectivity index (χ2n) is 5.40. The zero-order chi connectivity index (χ0) is 16.2. The summed E-state index contributed by atoms with van der Waals surface area (Å²) >= 11 is 3.34. The van der Waals surface area contributed by atoms with E-state index in [0.717, 1.165) is 20.6 Å². The molecule has 1 amide bonds. The zero-order valence-corrected chi connectivity index (χ0v) is 15.1. The lowest BCUT2D eigenvalue weighted by Gasteiger charge is -2.24. The minimum Gasteiger partial charge on any atom is -0.354 e. The molecule has 1 aromatic rings. The number of halogens is 1. The smallest absolute Gasteiger partial charge is 0.240 e. The van der Waals surface area contributed by atoms with Gasteiger partial charge in [0, 0.05) is 11.0 Å². The number of rotatable bonds is 6. The van der Waals surface area contributed by atoms with Crippen molar-refractivity contribution in [1.82, 2.24) is 5.32 Å². The number of benzene rings is 1. The van der Waals surface area contributed by atoms with Gasteiger partial charge in [-0.15, -0.1) is 0 Å². The minimum absolute atomic E-state index is 0.214. The highest BCUT2D eigenvalue weighted by Crippen LogP contribution is 2.25. The Hall–Kier alpha value is -1.08. The number of nitrogens with one attached hydrogen (secondary N) is 1. The Morgan fingerprint density at radius 3 is 2.48 bits per heavy atom. The molecule has 0 aliphatic heterocycles. The van der Waals surface area contributed by atoms with E-state index in [1.807, 2.05) is 26.8 Å². The molecule has 0 aromatic heterocycles. The highest BCUT2D eigenvalue weighted by atomic mass is 79.9. The third kappa shape index (κ3) is 5.67. The van der Waals surface area contributed by atoms with Crippen LogP contribution >= 0.6 is 15.9 Å². The van der Waals surface area contributed by atoms with Gasteiger partial charge in [-0.2, -0.15) is 0 Å². The minimum atomic E-state index is -3.53. The zero-order valence-electron chi connectivity index (χ0n) is 12.7. The maximum Gasteiger partial charge on any atom is 0.240 e. The molecule has 0 radical (unpaired) electrons. The second-order valence-corrected chi connectivity index (χ2v) is 8.22. The summed E-state index contributed by atoms with van der Waals surface area (Å²) in [7, 11) is -3.53. The number of carbonyl (C=O) groups is 1. The fraction of sp³-hybridized carbons (Fsp3) is 0.500. The van der Waals surface area contributed by atoms with Crippen molar-refractivity contribution in [1.29, 1.82) is 0 Å². The molecule has 0 spiro atoms. The van der Waals surface area contributed by atoms with Crippen molar-refractivity contribution in [2.75, 3.05) is 23.7 Å². The van der Waals surface area contributed by atoms with E-state index < -0.39 is 10.0 Å². The van der Waals surface area contributed by atoms with E-state index in [1.54, 1.807) is 12.1 Å². The topological polar surface area (TPSA) is 66.5 Å². The normalized spacial score (nSPS) is 11.5. The fourth-order valence-electron chi connectivity index (χ4n) is 1.78. The molecular weight excluding hydrogens is 356 g/mol. The molecule has 0 aliphatic rings. The molecule has 0 fully saturated rings. The molecule has 0 atom stereocenters. The molecular formula is C14H21BrN2O3S. The van der Waals surface area contributed by atoms with Gasteiger partial charge in [-0.1, -0.05) is 29.8 Å². The number of hydrogen-bond acceptors (Lipinski definition) is 3. The molecule has 0 aliphatic carbocycles. The average molecular weight is 377 g/mol. The molecule has 1 N–H and O–H groups in total. The first-order chi connectivity index (χ1) is 9.61. The molecule has 0 bridgehead atoms. The number of hydrogen-bond donors (Lipinski definition) is 1. The Labute approximate surface area is 134 Å². The second kappa shape index (κ2) is 7.26. The number of amides is 1. The first kappa shape index (κ1) is 18.0. The van der Waals surface area contributed by atoms with Crippen molar-refractivity contribution in [3.63, 3.8) is 0 Å². The van der Waals surface area contributed by atoms with E-state index >= 15 is 0 Å². The van der Waals surface area contributed by atoms with E-state index in [4.69, 9.17) is 0 Å². The molecule has 0 saturated heterocycles. The first-order valence-corrected chi connectivity index (χ1v) is 9.26. The van der Waals surface area contributed by atoms with Crippen molar-refractivity contribution >= 4 is 37.5 Å². The molecule has 0 saturated carbocycles. The highest BCUT2D eigenvalue weighted by molar-refractivity contribution is 9.10. The Kier molecular flexibility index (Phi) is 6.22. The van der Waals surface area contributed by atoms with E-state index in [9.17, 15) is 13.2 Å². The van der Waals surface area contributed by atoms with Crippen molar-refractivity contribution in [3.8, 4) is 0 Å². The standard InChI is InChI=1S/C14H21BrN2O3S/c1-10(2)8-16-14(18)9-17(21(4,19)20)13-6-5-12(15)7-11(13)3/h5-7,10H,8-9H2,1-4H3,(H,16,18). The lowest BCUT2D eigenvalue weighted by Crippen LogP contribution is -2.41. The van der Waals surface area contributed by atoms with Gasteiger partial charge in [-0.05, 0) is 36.6 Å². The summed E-state index contributed by atoms with van der Waals surface area (Å²) in [6, 6.07) is 5.27. The maximum absolute atomic E-state index is 12.0. The van der Waals surface area contributed by atoms with Gasteiger partial charge in [0.1, 0.15) is 6.54 Å². The van der Waals surface area contributed by atoms with Crippen molar-refractivity contribution in [3.05, 3.63) is 28.2 Å². The van der Waals surface area contributed by atoms with Crippen LogP contribution in [0.5, 0.6) is 0 Å². The van der Waals surface area contributed by atoms with Crippen LogP contribution in [0.25, 0.3) is 0 Å². The average Bonchev–Trinajstić information content (AvgIpc) is 2.33. The molecule has 0 heterocycles. The number of nitrogens with zero attached hydrogens (tertiary/aromatic N) is 1. The van der Waals surface area contributed by atoms with Gasteiger partial charge in [0.05, 0.1) is 11.9 Å². The van der Waals surface area contributed by atoms with Crippen LogP contribution in [0.1, 0.15) is 19.4 Å². The molecule has 1 aromatic carbocycles. The van der Waals surface area contributed by atoms with Gasteiger partial charge in [0.15, 0.2) is 0 Å². The van der Waals surface area contributed by atoms with Gasteiger partial charge in [-0.3, -0.25) is 9.10 Å². The third-order valence-corrected chi connectivity index (χ3v) is 4.44. The van der Waals surface area contributed by atoms with Crippen LogP contribution in [0.2, 0.25) is 0 Å². The summed E-state index contributed by atoms with van der Waals surface area (Å²) in [6.07, 6.45) is 1.10. The van der Waals surface area contributed by atoms with Gasteiger partial charge in [-0.25, -0.2) is 8.42 Å². The van der Waals surface area contributed by atoms with Crippen LogP contribution in [0.3, 0.4) is 0 Å². The van der Waals surface area contributed by atoms with E-state index in [0.29, 0.717) is 18.2 Å². The quantitative estimate of drug-likeness (QED) is 0.827. The predicted molar refractivity (Wildman–Crippen MR) is 88.9 cm³/mol. The number of sulfonamides is 1. The Morgan fingerprint density at radius 1 is 1.38 bits per heavy atom. The van der Waals surface area contributed by atoms with Gasteiger partial charge in [0.25, 0.3) is 0 Å². The Morgan fingerprint density at radius 2 is 2.00 bits per heavy atom. The first-order valence-electron chi connectivity index (χ1n) is 6.62. The van der Waals surface area contributed by atoms with Crippen LogP contribution in [-0.2, 0) is 14.8 Å². The number of anilines is 1. The van der Waals surface area contributed by atoms with E-state index in [2.05, 4.69) is 21.2 Å². The summed E-state index contributed by atoms with van der Waals surface area (Å²) < 4.78 is 25.9. The molecule has 0 unspecified atom stereocenters. The van der Waals surface area contributed by atoms with E-state index in [1.165, 1.54) is 0 Å². The third-order valence-electron chi connectivity index (χ3n) is 2.82. The molecule has 1 rings (SSSR count). The van der Waals surface area contributed by atoms with Crippen LogP contribution < -0.4 is 9.62 Å². The SMILES string of the molecule is Cc1cc(Br)ccc1N(CC(=O)NCC(C)C)S(C)(=O)=O. The monoisotopic (exact) mass is 376 g/mol. The van der Waals surface area contributed by atoms with Crippen LogP contribution in [0.15, 0.2) is 22.7 Å². The largest absolute Gasteiger partial charge is 0.354 e. The summed E-state index contributed by atoms with van der Waals surface area (Å²) in [4.78, 5) is 11.9. The van der Waals surface area contributed by atoms with Crippen molar-refractivity contribution < 1.29 is 13.2 Å². The lowest BCUT2D eigenvalue weighted by molar-refractivity contribution is -0.119. The highest BCUT2D eigenvalue weighted by Gasteiger charge is 2.22. The Balaban J connectivity index is 3.00. The van der Waals surface area contributed by atoms with Gasteiger partial charge >= 0.3 is 0 Å². The number of aryl methyl sites for hydroxylation is 1. The Bertz CT molecular complexity index is 615. The van der Waals surface area contributed by atoms with Gasteiger partial charge < -0.3 is 5.32 Å². The predicted octanol–water partition coefficient (Wildman–Crippen LogP) is 2.30. The summed E-state index contributed by atoms with van der Waals surface area (Å²) in [6.45, 7) is 6.08. The fourth-order valence-corrected chi connectivity index (χ4v) is 3.17. The molecule has 5 nitrogen and oxygen atoms in total. The maximum atomic E-state index is 12.0. The van der Waals surface area contributed by atoms with Crippen LogP contribution in [-0.4, -0.2) is 33.7 Å². The summed E-state index contributed by atoms with van der Waals surface area (Å²) in [5.74, 6) is 0.00601. The van der Waals surface area contributed by atoms with Crippen molar-refractivity contribution in [2.45, 2.75) is 20.8 Å². The summed E-state index contributed by atoms with van der Waals surface area (Å²) in [5, 5.41) is 2.73. The van der Waals surface area contributed by atoms with Gasteiger partial charge in [0.2, 0.25) is 15.9 Å². The molecule has 7 heteroatoms. The number of carbonyl (C=O) groups excluding carboxylic acids is 1.